The summed E-state index contributed by atoms with van der Waals surface area (Å²) >= 11 is 3.50. The van der Waals surface area contributed by atoms with Crippen molar-refractivity contribution in [2.24, 2.45) is 5.10 Å². The molecule has 0 saturated carbocycles. The molecule has 3 nitrogen and oxygen atoms in total. The van der Waals surface area contributed by atoms with Gasteiger partial charge in [0.15, 0.2) is 0 Å². The Hall–Kier alpha value is -0.0900. The molecule has 0 aromatic heterocycles. The average Bonchev–Trinajstić information content (AvgIpc) is 2.20. The Morgan fingerprint density at radius 1 is 1.80 bits per heavy atom. The SMILES string of the molecule is CCCN1NN=C(C)C1Br. The van der Waals surface area contributed by atoms with Crippen LogP contribution in [0.5, 0.6) is 0 Å². The van der Waals surface area contributed by atoms with Gasteiger partial charge in [-0.25, -0.2) is 5.53 Å². The topological polar surface area (TPSA) is 27.6 Å². The van der Waals surface area contributed by atoms with Crippen molar-refractivity contribution < 1.29 is 0 Å². The Morgan fingerprint density at radius 3 is 2.90 bits per heavy atom. The van der Waals surface area contributed by atoms with Gasteiger partial charge in [0.05, 0.1) is 5.71 Å². The molecule has 1 aliphatic rings. The fraction of sp³-hybridized carbons (Fsp3) is 0.833. The molecular formula is C6H12BrN3. The van der Waals surface area contributed by atoms with E-state index in [0.717, 1.165) is 18.7 Å². The quantitative estimate of drug-likeness (QED) is 0.545. The first-order valence-corrected chi connectivity index (χ1v) is 4.37. The number of alkyl halides is 1. The summed E-state index contributed by atoms with van der Waals surface area (Å²) in [4.78, 5) is 0.285. The molecule has 0 spiro atoms. The van der Waals surface area contributed by atoms with E-state index in [1.165, 1.54) is 0 Å². The summed E-state index contributed by atoms with van der Waals surface area (Å²) in [5.74, 6) is 0. The number of nitrogens with one attached hydrogen (secondary N) is 1. The molecule has 4 heteroatoms. The highest BCUT2D eigenvalue weighted by Gasteiger charge is 2.21. The van der Waals surface area contributed by atoms with Crippen LogP contribution >= 0.6 is 15.9 Å². The Labute approximate surface area is 69.6 Å². The van der Waals surface area contributed by atoms with E-state index >= 15 is 0 Å². The number of hydrazine groups is 1. The molecular weight excluding hydrogens is 194 g/mol. The monoisotopic (exact) mass is 205 g/mol. The van der Waals surface area contributed by atoms with Crippen LogP contribution in [0.1, 0.15) is 20.3 Å². The molecule has 0 bridgehead atoms. The molecule has 1 heterocycles. The number of rotatable bonds is 2. The van der Waals surface area contributed by atoms with Crippen molar-refractivity contribution in [3.8, 4) is 0 Å². The molecule has 0 aromatic carbocycles. The molecule has 1 rings (SSSR count). The molecule has 0 aliphatic carbocycles. The van der Waals surface area contributed by atoms with Gasteiger partial charge in [0.1, 0.15) is 4.95 Å². The number of nitrogens with zero attached hydrogens (tertiary/aromatic N) is 2. The maximum absolute atomic E-state index is 4.06. The van der Waals surface area contributed by atoms with E-state index in [-0.39, 0.29) is 4.95 Å². The van der Waals surface area contributed by atoms with E-state index < -0.39 is 0 Å². The van der Waals surface area contributed by atoms with Gasteiger partial charge in [-0.15, -0.1) is 0 Å². The Bertz CT molecular complexity index is 146. The third-order valence-corrected chi connectivity index (χ3v) is 2.59. The lowest BCUT2D eigenvalue weighted by molar-refractivity contribution is 0.231. The summed E-state index contributed by atoms with van der Waals surface area (Å²) in [5.41, 5.74) is 4.02. The molecule has 58 valence electrons. The fourth-order valence-electron chi connectivity index (χ4n) is 0.877. The zero-order valence-corrected chi connectivity index (χ0v) is 7.85. The van der Waals surface area contributed by atoms with Crippen LogP contribution in [-0.2, 0) is 0 Å². The van der Waals surface area contributed by atoms with Gasteiger partial charge in [-0.05, 0) is 13.3 Å². The average molecular weight is 206 g/mol. The Kier molecular flexibility index (Phi) is 2.68. The van der Waals surface area contributed by atoms with E-state index in [4.69, 9.17) is 0 Å². The zero-order valence-electron chi connectivity index (χ0n) is 6.26. The second-order valence-corrected chi connectivity index (χ2v) is 3.25. The van der Waals surface area contributed by atoms with Gasteiger partial charge < -0.3 is 0 Å². The van der Waals surface area contributed by atoms with E-state index in [0.29, 0.717) is 0 Å². The first-order valence-electron chi connectivity index (χ1n) is 3.46. The molecule has 10 heavy (non-hydrogen) atoms. The van der Waals surface area contributed by atoms with Crippen molar-refractivity contribution in [2.45, 2.75) is 25.2 Å². The van der Waals surface area contributed by atoms with E-state index in [9.17, 15) is 0 Å². The van der Waals surface area contributed by atoms with Crippen LogP contribution in [0.25, 0.3) is 0 Å². The van der Waals surface area contributed by atoms with Crippen LogP contribution in [0, 0.1) is 0 Å². The molecule has 1 N–H and O–H groups in total. The first-order chi connectivity index (χ1) is 4.75. The van der Waals surface area contributed by atoms with Gasteiger partial charge in [0, 0.05) is 6.54 Å². The molecule has 1 atom stereocenters. The highest BCUT2D eigenvalue weighted by molar-refractivity contribution is 9.09. The van der Waals surface area contributed by atoms with Crippen molar-refractivity contribution in [3.63, 3.8) is 0 Å². The van der Waals surface area contributed by atoms with Crippen LogP contribution in [0.4, 0.5) is 0 Å². The summed E-state index contributed by atoms with van der Waals surface area (Å²) in [6.45, 7) is 5.17. The number of halogens is 1. The maximum atomic E-state index is 4.06. The van der Waals surface area contributed by atoms with Crippen LogP contribution < -0.4 is 5.53 Å². The van der Waals surface area contributed by atoms with Gasteiger partial charge in [0.2, 0.25) is 0 Å². The van der Waals surface area contributed by atoms with Crippen LogP contribution in [0.3, 0.4) is 0 Å². The third kappa shape index (κ3) is 1.49. The van der Waals surface area contributed by atoms with Crippen LogP contribution in [0.15, 0.2) is 5.10 Å². The van der Waals surface area contributed by atoms with Crippen LogP contribution in [0.2, 0.25) is 0 Å². The molecule has 0 radical (unpaired) electrons. The van der Waals surface area contributed by atoms with Gasteiger partial charge >= 0.3 is 0 Å². The van der Waals surface area contributed by atoms with Crippen molar-refractivity contribution in [1.82, 2.24) is 10.5 Å². The number of hydrogen-bond acceptors (Lipinski definition) is 3. The molecule has 0 fully saturated rings. The predicted octanol–water partition coefficient (Wildman–Crippen LogP) is 1.31. The minimum atomic E-state index is 0.285. The fourth-order valence-corrected chi connectivity index (χ4v) is 1.28. The molecule has 0 aromatic rings. The normalized spacial score (nSPS) is 26.3. The summed E-state index contributed by atoms with van der Waals surface area (Å²) in [7, 11) is 0. The predicted molar refractivity (Wildman–Crippen MR) is 46.0 cm³/mol. The summed E-state index contributed by atoms with van der Waals surface area (Å²) in [6, 6.07) is 0. The highest BCUT2D eigenvalue weighted by atomic mass is 79.9. The van der Waals surface area contributed by atoms with Gasteiger partial charge in [-0.2, -0.15) is 10.1 Å². The zero-order chi connectivity index (χ0) is 7.56. The molecule has 0 amide bonds. The van der Waals surface area contributed by atoms with Crippen molar-refractivity contribution in [2.75, 3.05) is 6.54 Å². The molecule has 0 saturated heterocycles. The Balaban J connectivity index is 2.40. The smallest absolute Gasteiger partial charge is 0.125 e. The third-order valence-electron chi connectivity index (χ3n) is 1.44. The van der Waals surface area contributed by atoms with Gasteiger partial charge in [-0.1, -0.05) is 22.9 Å². The minimum Gasteiger partial charge on any atom is -0.239 e. The second-order valence-electron chi connectivity index (χ2n) is 2.38. The van der Waals surface area contributed by atoms with Crippen molar-refractivity contribution in [3.05, 3.63) is 0 Å². The second kappa shape index (κ2) is 3.34. The Morgan fingerprint density at radius 2 is 2.50 bits per heavy atom. The largest absolute Gasteiger partial charge is 0.239 e. The van der Waals surface area contributed by atoms with Gasteiger partial charge in [0.25, 0.3) is 0 Å². The summed E-state index contributed by atoms with van der Waals surface area (Å²) < 4.78 is 0. The van der Waals surface area contributed by atoms with E-state index in [1.807, 2.05) is 6.92 Å². The maximum Gasteiger partial charge on any atom is 0.125 e. The molecule has 1 unspecified atom stereocenters. The van der Waals surface area contributed by atoms with Crippen molar-refractivity contribution in [1.29, 1.82) is 0 Å². The summed E-state index contributed by atoms with van der Waals surface area (Å²) in [5, 5.41) is 6.13. The minimum absolute atomic E-state index is 0.285. The number of hydrazone groups is 1. The number of hydrogen-bond donors (Lipinski definition) is 1. The lowest BCUT2D eigenvalue weighted by Gasteiger charge is -2.17. The van der Waals surface area contributed by atoms with Crippen molar-refractivity contribution >= 4 is 21.6 Å². The summed E-state index contributed by atoms with van der Waals surface area (Å²) in [6.07, 6.45) is 1.14. The standard InChI is InChI=1S/C6H12BrN3/c1-3-4-10-6(7)5(2)8-9-10/h6,9H,3-4H2,1-2H3. The molecule has 1 aliphatic heterocycles. The lowest BCUT2D eigenvalue weighted by Crippen LogP contribution is -2.36. The van der Waals surface area contributed by atoms with E-state index in [2.05, 4.69) is 38.5 Å². The highest BCUT2D eigenvalue weighted by Crippen LogP contribution is 2.12. The van der Waals surface area contributed by atoms with Gasteiger partial charge in [-0.3, -0.25) is 0 Å². The van der Waals surface area contributed by atoms with E-state index in [1.54, 1.807) is 0 Å². The first kappa shape index (κ1) is 8.01. The lowest BCUT2D eigenvalue weighted by atomic mass is 10.4. The van der Waals surface area contributed by atoms with Crippen LogP contribution in [-0.4, -0.2) is 22.2 Å².